The molecular formula is C9H10N2O. The Morgan fingerprint density at radius 2 is 2.00 bits per heavy atom. The van der Waals surface area contributed by atoms with Gasteiger partial charge in [-0.1, -0.05) is 30.3 Å². The van der Waals surface area contributed by atoms with E-state index >= 15 is 0 Å². The van der Waals surface area contributed by atoms with E-state index in [1.165, 1.54) is 0 Å². The number of rotatable bonds is 1. The van der Waals surface area contributed by atoms with E-state index in [1.807, 2.05) is 30.3 Å². The Hall–Kier alpha value is -1.35. The summed E-state index contributed by atoms with van der Waals surface area (Å²) < 4.78 is 0. The molecule has 0 spiro atoms. The van der Waals surface area contributed by atoms with Crippen LogP contribution in [0.2, 0.25) is 0 Å². The van der Waals surface area contributed by atoms with Crippen molar-refractivity contribution >= 4 is 5.91 Å². The lowest BCUT2D eigenvalue weighted by Gasteiger charge is -2.06. The first-order chi connectivity index (χ1) is 5.86. The smallest absolute Gasteiger partial charge is 0.236 e. The molecule has 0 aromatic heterocycles. The fraction of sp³-hybridized carbons (Fsp3) is 0.222. The van der Waals surface area contributed by atoms with Gasteiger partial charge in [0, 0.05) is 6.42 Å². The number of benzene rings is 1. The minimum atomic E-state index is 0.0591. The molecule has 0 aliphatic carbocycles. The molecule has 1 saturated heterocycles. The summed E-state index contributed by atoms with van der Waals surface area (Å²) in [5.74, 6) is 0.0591. The summed E-state index contributed by atoms with van der Waals surface area (Å²) in [6.45, 7) is 0. The van der Waals surface area contributed by atoms with Crippen LogP contribution in [0.1, 0.15) is 18.0 Å². The van der Waals surface area contributed by atoms with E-state index in [2.05, 4.69) is 10.9 Å². The molecule has 1 aliphatic rings. The Morgan fingerprint density at radius 1 is 1.25 bits per heavy atom. The van der Waals surface area contributed by atoms with Crippen molar-refractivity contribution in [3.8, 4) is 0 Å². The molecule has 3 heteroatoms. The summed E-state index contributed by atoms with van der Waals surface area (Å²) in [6.07, 6.45) is 0.532. The first kappa shape index (κ1) is 7.31. The highest BCUT2D eigenvalue weighted by Crippen LogP contribution is 2.18. The predicted molar refractivity (Wildman–Crippen MR) is 45.1 cm³/mol. The fourth-order valence-electron chi connectivity index (χ4n) is 1.34. The Morgan fingerprint density at radius 3 is 2.58 bits per heavy atom. The van der Waals surface area contributed by atoms with E-state index in [4.69, 9.17) is 0 Å². The van der Waals surface area contributed by atoms with Crippen molar-refractivity contribution in [2.24, 2.45) is 0 Å². The van der Waals surface area contributed by atoms with E-state index < -0.39 is 0 Å². The van der Waals surface area contributed by atoms with Gasteiger partial charge in [-0.3, -0.25) is 10.2 Å². The van der Waals surface area contributed by atoms with Crippen LogP contribution in [0, 0.1) is 0 Å². The monoisotopic (exact) mass is 162 g/mol. The van der Waals surface area contributed by atoms with Gasteiger partial charge in [0.05, 0.1) is 6.04 Å². The molecule has 2 N–H and O–H groups in total. The van der Waals surface area contributed by atoms with Crippen molar-refractivity contribution in [2.45, 2.75) is 12.5 Å². The molecule has 0 unspecified atom stereocenters. The van der Waals surface area contributed by atoms with Gasteiger partial charge in [-0.2, -0.15) is 0 Å². The first-order valence-electron chi connectivity index (χ1n) is 3.95. The summed E-state index contributed by atoms with van der Waals surface area (Å²) in [7, 11) is 0. The lowest BCUT2D eigenvalue weighted by atomic mass is 10.1. The van der Waals surface area contributed by atoms with Crippen molar-refractivity contribution in [3.63, 3.8) is 0 Å². The van der Waals surface area contributed by atoms with Crippen molar-refractivity contribution < 1.29 is 4.79 Å². The highest BCUT2D eigenvalue weighted by atomic mass is 16.2. The molecule has 2 rings (SSSR count). The molecule has 1 heterocycles. The maximum Gasteiger partial charge on any atom is 0.236 e. The molecule has 3 nitrogen and oxygen atoms in total. The zero-order chi connectivity index (χ0) is 8.39. The number of amides is 1. The van der Waals surface area contributed by atoms with E-state index in [9.17, 15) is 4.79 Å². The number of carbonyl (C=O) groups is 1. The van der Waals surface area contributed by atoms with Crippen molar-refractivity contribution in [1.29, 1.82) is 0 Å². The van der Waals surface area contributed by atoms with Crippen LogP contribution in [0.4, 0.5) is 0 Å². The van der Waals surface area contributed by atoms with E-state index in [1.54, 1.807) is 0 Å². The van der Waals surface area contributed by atoms with Crippen LogP contribution in [0.5, 0.6) is 0 Å². The van der Waals surface area contributed by atoms with Gasteiger partial charge < -0.3 is 0 Å². The van der Waals surface area contributed by atoms with Crippen molar-refractivity contribution in [2.75, 3.05) is 0 Å². The minimum Gasteiger partial charge on any atom is -0.291 e. The Labute approximate surface area is 70.8 Å². The van der Waals surface area contributed by atoms with Crippen LogP contribution in [0.3, 0.4) is 0 Å². The zero-order valence-corrected chi connectivity index (χ0v) is 6.58. The summed E-state index contributed by atoms with van der Waals surface area (Å²) in [5, 5.41) is 0. The molecule has 1 aromatic rings. The molecule has 1 atom stereocenters. The van der Waals surface area contributed by atoms with Gasteiger partial charge in [-0.05, 0) is 5.56 Å². The maximum absolute atomic E-state index is 10.9. The fourth-order valence-corrected chi connectivity index (χ4v) is 1.34. The first-order valence-corrected chi connectivity index (χ1v) is 3.95. The Bertz CT molecular complexity index is 284. The standard InChI is InChI=1S/C9H10N2O/c12-9-6-8(10-11-9)7-4-2-1-3-5-7/h1-5,8,10H,6H2,(H,11,12)/t8-/m1/s1. The van der Waals surface area contributed by atoms with Gasteiger partial charge in [0.15, 0.2) is 0 Å². The largest absolute Gasteiger partial charge is 0.291 e. The summed E-state index contributed by atoms with van der Waals surface area (Å²) >= 11 is 0. The van der Waals surface area contributed by atoms with Gasteiger partial charge in [0.25, 0.3) is 0 Å². The van der Waals surface area contributed by atoms with E-state index in [0.29, 0.717) is 6.42 Å². The molecule has 0 bridgehead atoms. The summed E-state index contributed by atoms with van der Waals surface area (Å²) in [4.78, 5) is 10.9. The van der Waals surface area contributed by atoms with Crippen LogP contribution in [-0.2, 0) is 4.79 Å². The lowest BCUT2D eigenvalue weighted by molar-refractivity contribution is -0.119. The third-order valence-electron chi connectivity index (χ3n) is 1.98. The zero-order valence-electron chi connectivity index (χ0n) is 6.58. The van der Waals surface area contributed by atoms with Gasteiger partial charge in [0.1, 0.15) is 0 Å². The molecule has 1 amide bonds. The Balaban J connectivity index is 2.16. The molecule has 0 radical (unpaired) electrons. The second-order valence-corrected chi connectivity index (χ2v) is 2.86. The predicted octanol–water partition coefficient (Wildman–Crippen LogP) is 0.752. The van der Waals surface area contributed by atoms with Crippen LogP contribution >= 0.6 is 0 Å². The topological polar surface area (TPSA) is 41.1 Å². The van der Waals surface area contributed by atoms with Crippen LogP contribution in [0.15, 0.2) is 30.3 Å². The SMILES string of the molecule is O=C1C[C@H](c2ccccc2)NN1. The quantitative estimate of drug-likeness (QED) is 0.639. The average molecular weight is 162 g/mol. The third kappa shape index (κ3) is 1.31. The second kappa shape index (κ2) is 2.95. The van der Waals surface area contributed by atoms with Gasteiger partial charge >= 0.3 is 0 Å². The maximum atomic E-state index is 10.9. The number of hydrogen-bond donors (Lipinski definition) is 2. The highest BCUT2D eigenvalue weighted by molar-refractivity contribution is 5.78. The van der Waals surface area contributed by atoms with E-state index in [-0.39, 0.29) is 11.9 Å². The van der Waals surface area contributed by atoms with Gasteiger partial charge in [-0.25, -0.2) is 5.43 Å². The van der Waals surface area contributed by atoms with Gasteiger partial charge in [0.2, 0.25) is 5.91 Å². The van der Waals surface area contributed by atoms with Gasteiger partial charge in [-0.15, -0.1) is 0 Å². The molecule has 0 saturated carbocycles. The normalized spacial score (nSPS) is 22.3. The average Bonchev–Trinajstić information content (AvgIpc) is 2.54. The number of nitrogens with one attached hydrogen (secondary N) is 2. The Kier molecular flexibility index (Phi) is 1.80. The molecule has 1 aliphatic heterocycles. The number of hydrazine groups is 1. The minimum absolute atomic E-state index is 0.0591. The van der Waals surface area contributed by atoms with Crippen LogP contribution in [0.25, 0.3) is 0 Å². The summed E-state index contributed by atoms with van der Waals surface area (Å²) in [6, 6.07) is 10.1. The second-order valence-electron chi connectivity index (χ2n) is 2.86. The molecule has 12 heavy (non-hydrogen) atoms. The number of hydrogen-bond acceptors (Lipinski definition) is 2. The number of carbonyl (C=O) groups excluding carboxylic acids is 1. The summed E-state index contributed by atoms with van der Waals surface area (Å²) in [5.41, 5.74) is 6.65. The molecule has 1 fully saturated rings. The molecular weight excluding hydrogens is 152 g/mol. The third-order valence-corrected chi connectivity index (χ3v) is 1.98. The van der Waals surface area contributed by atoms with Crippen LogP contribution < -0.4 is 10.9 Å². The lowest BCUT2D eigenvalue weighted by Crippen LogP contribution is -2.27. The highest BCUT2D eigenvalue weighted by Gasteiger charge is 2.21. The van der Waals surface area contributed by atoms with Crippen LogP contribution in [-0.4, -0.2) is 5.91 Å². The van der Waals surface area contributed by atoms with Crippen molar-refractivity contribution in [3.05, 3.63) is 35.9 Å². The van der Waals surface area contributed by atoms with Crippen molar-refractivity contribution in [1.82, 2.24) is 10.9 Å². The molecule has 62 valence electrons. The molecule has 1 aromatic carbocycles. The van der Waals surface area contributed by atoms with E-state index in [0.717, 1.165) is 5.56 Å².